The van der Waals surface area contributed by atoms with Crippen LogP contribution in [-0.2, 0) is 7.05 Å². The van der Waals surface area contributed by atoms with Crippen LogP contribution in [0.1, 0.15) is 10.5 Å². The van der Waals surface area contributed by atoms with E-state index in [9.17, 15) is 4.79 Å². The lowest BCUT2D eigenvalue weighted by Crippen LogP contribution is -2.00. The highest BCUT2D eigenvalue weighted by molar-refractivity contribution is 7.13. The van der Waals surface area contributed by atoms with E-state index in [0.717, 1.165) is 4.88 Å². The molecule has 0 unspecified atom stereocenters. The number of carboxylic acids is 1. The van der Waals surface area contributed by atoms with Crippen molar-refractivity contribution in [3.8, 4) is 10.6 Å². The van der Waals surface area contributed by atoms with E-state index < -0.39 is 5.97 Å². The van der Waals surface area contributed by atoms with Crippen LogP contribution in [0.3, 0.4) is 0 Å². The van der Waals surface area contributed by atoms with Crippen molar-refractivity contribution < 1.29 is 9.90 Å². The number of thiophene rings is 1. The van der Waals surface area contributed by atoms with Crippen LogP contribution < -0.4 is 0 Å². The fourth-order valence-corrected chi connectivity index (χ4v) is 1.84. The quantitative estimate of drug-likeness (QED) is 0.808. The van der Waals surface area contributed by atoms with Gasteiger partial charge in [0.2, 0.25) is 0 Å². The number of hydrogen-bond acceptors (Lipinski definition) is 4. The summed E-state index contributed by atoms with van der Waals surface area (Å²) in [6.45, 7) is 0. The summed E-state index contributed by atoms with van der Waals surface area (Å²) >= 11 is 1.44. The number of aromatic nitrogens is 3. The van der Waals surface area contributed by atoms with Crippen molar-refractivity contribution in [1.82, 2.24) is 15.0 Å². The number of carboxylic acid groups (broad SMARTS) is 1. The topological polar surface area (TPSA) is 68.0 Å². The summed E-state index contributed by atoms with van der Waals surface area (Å²) < 4.78 is 0. The Labute approximate surface area is 83.6 Å². The monoisotopic (exact) mass is 209 g/mol. The summed E-state index contributed by atoms with van der Waals surface area (Å²) in [7, 11) is 1.60. The fraction of sp³-hybridized carbons (Fsp3) is 0.125. The second kappa shape index (κ2) is 3.22. The summed E-state index contributed by atoms with van der Waals surface area (Å²) in [6, 6.07) is 3.67. The summed E-state index contributed by atoms with van der Waals surface area (Å²) in [5.74, 6) is -1.05. The van der Waals surface area contributed by atoms with E-state index in [2.05, 4.69) is 10.2 Å². The Bertz CT molecular complexity index is 461. The van der Waals surface area contributed by atoms with Crippen LogP contribution in [-0.4, -0.2) is 26.1 Å². The molecule has 0 radical (unpaired) electrons. The van der Waals surface area contributed by atoms with Gasteiger partial charge in [0, 0.05) is 7.05 Å². The Morgan fingerprint density at radius 2 is 2.36 bits per heavy atom. The van der Waals surface area contributed by atoms with Gasteiger partial charge in [0.25, 0.3) is 0 Å². The van der Waals surface area contributed by atoms with Gasteiger partial charge in [0.05, 0.1) is 4.88 Å². The second-order valence-corrected chi connectivity index (χ2v) is 3.62. The standard InChI is InChI=1S/C8H7N3O2S/c1-11-9-6(5-3-2-4-14-5)7(10-11)8(12)13/h2-4H,1H3,(H,12,13). The van der Waals surface area contributed by atoms with Gasteiger partial charge < -0.3 is 5.11 Å². The number of carbonyl (C=O) groups is 1. The highest BCUT2D eigenvalue weighted by Gasteiger charge is 2.18. The van der Waals surface area contributed by atoms with Crippen LogP contribution in [0.25, 0.3) is 10.6 Å². The van der Waals surface area contributed by atoms with Crippen LogP contribution in [0.15, 0.2) is 17.5 Å². The van der Waals surface area contributed by atoms with Gasteiger partial charge in [0.15, 0.2) is 5.69 Å². The van der Waals surface area contributed by atoms with Gasteiger partial charge in [-0.05, 0) is 11.4 Å². The van der Waals surface area contributed by atoms with Crippen LogP contribution >= 0.6 is 11.3 Å². The van der Waals surface area contributed by atoms with Crippen molar-refractivity contribution in [1.29, 1.82) is 0 Å². The van der Waals surface area contributed by atoms with Crippen LogP contribution in [0, 0.1) is 0 Å². The van der Waals surface area contributed by atoms with Crippen molar-refractivity contribution in [3.05, 3.63) is 23.2 Å². The SMILES string of the molecule is Cn1nc(C(=O)O)c(-c2cccs2)n1. The minimum atomic E-state index is -1.05. The number of nitrogens with zero attached hydrogens (tertiary/aromatic N) is 3. The molecule has 0 bridgehead atoms. The predicted octanol–water partition coefficient (Wildman–Crippen LogP) is 1.24. The Morgan fingerprint density at radius 1 is 1.57 bits per heavy atom. The minimum Gasteiger partial charge on any atom is -0.476 e. The lowest BCUT2D eigenvalue weighted by molar-refractivity contribution is 0.0690. The summed E-state index contributed by atoms with van der Waals surface area (Å²) in [4.78, 5) is 12.9. The average molecular weight is 209 g/mol. The molecule has 0 fully saturated rings. The Hall–Kier alpha value is -1.69. The lowest BCUT2D eigenvalue weighted by atomic mass is 10.3. The highest BCUT2D eigenvalue weighted by atomic mass is 32.1. The first-order valence-corrected chi connectivity index (χ1v) is 4.75. The molecular formula is C8H7N3O2S. The zero-order valence-electron chi connectivity index (χ0n) is 7.34. The molecule has 2 rings (SSSR count). The maximum absolute atomic E-state index is 10.8. The molecule has 2 heterocycles. The molecule has 2 aromatic rings. The van der Waals surface area contributed by atoms with E-state index in [4.69, 9.17) is 5.11 Å². The molecule has 0 aliphatic carbocycles. The van der Waals surface area contributed by atoms with Crippen molar-refractivity contribution >= 4 is 17.3 Å². The molecule has 0 aliphatic heterocycles. The maximum atomic E-state index is 10.8. The van der Waals surface area contributed by atoms with Crippen molar-refractivity contribution in [2.24, 2.45) is 7.05 Å². The molecule has 0 aromatic carbocycles. The molecule has 6 heteroatoms. The van der Waals surface area contributed by atoms with Gasteiger partial charge in [-0.15, -0.1) is 16.4 Å². The molecular weight excluding hydrogens is 202 g/mol. The predicted molar refractivity (Wildman–Crippen MR) is 51.3 cm³/mol. The third-order valence-electron chi connectivity index (χ3n) is 1.67. The minimum absolute atomic E-state index is 0.00468. The van der Waals surface area contributed by atoms with E-state index >= 15 is 0 Å². The first-order valence-electron chi connectivity index (χ1n) is 3.87. The molecule has 0 amide bonds. The molecule has 0 atom stereocenters. The highest BCUT2D eigenvalue weighted by Crippen LogP contribution is 2.24. The number of rotatable bonds is 2. The number of aryl methyl sites for hydroxylation is 1. The molecule has 0 saturated carbocycles. The lowest BCUT2D eigenvalue weighted by Gasteiger charge is -1.89. The first-order chi connectivity index (χ1) is 6.68. The smallest absolute Gasteiger partial charge is 0.358 e. The average Bonchev–Trinajstić information content (AvgIpc) is 2.70. The molecule has 5 nitrogen and oxygen atoms in total. The Morgan fingerprint density at radius 3 is 2.93 bits per heavy atom. The van der Waals surface area contributed by atoms with Gasteiger partial charge in [-0.25, -0.2) is 4.79 Å². The van der Waals surface area contributed by atoms with Gasteiger partial charge in [-0.3, -0.25) is 0 Å². The van der Waals surface area contributed by atoms with Crippen molar-refractivity contribution in [3.63, 3.8) is 0 Å². The maximum Gasteiger partial charge on any atom is 0.358 e. The van der Waals surface area contributed by atoms with Gasteiger partial charge >= 0.3 is 5.97 Å². The van der Waals surface area contributed by atoms with E-state index in [1.54, 1.807) is 7.05 Å². The molecule has 0 saturated heterocycles. The summed E-state index contributed by atoms with van der Waals surface area (Å²) in [6.07, 6.45) is 0. The van der Waals surface area contributed by atoms with Gasteiger partial charge in [-0.1, -0.05) is 6.07 Å². The molecule has 0 aliphatic rings. The van der Waals surface area contributed by atoms with E-state index in [1.165, 1.54) is 16.1 Å². The van der Waals surface area contributed by atoms with E-state index in [1.807, 2.05) is 17.5 Å². The Balaban J connectivity index is 2.58. The fourth-order valence-electron chi connectivity index (χ4n) is 1.13. The Kier molecular flexibility index (Phi) is 2.05. The third kappa shape index (κ3) is 1.39. The molecule has 72 valence electrons. The van der Waals surface area contributed by atoms with Gasteiger partial charge in [-0.2, -0.15) is 9.90 Å². The largest absolute Gasteiger partial charge is 0.476 e. The van der Waals surface area contributed by atoms with E-state index in [0.29, 0.717) is 5.69 Å². The molecule has 0 spiro atoms. The van der Waals surface area contributed by atoms with Gasteiger partial charge in [0.1, 0.15) is 5.69 Å². The third-order valence-corrected chi connectivity index (χ3v) is 2.55. The summed E-state index contributed by atoms with van der Waals surface area (Å²) in [5, 5.41) is 18.5. The number of aromatic carboxylic acids is 1. The number of hydrogen-bond donors (Lipinski definition) is 1. The zero-order chi connectivity index (χ0) is 10.1. The molecule has 1 N–H and O–H groups in total. The van der Waals surface area contributed by atoms with E-state index in [-0.39, 0.29) is 5.69 Å². The van der Waals surface area contributed by atoms with Crippen LogP contribution in [0.5, 0.6) is 0 Å². The molecule has 2 aromatic heterocycles. The van der Waals surface area contributed by atoms with Crippen molar-refractivity contribution in [2.75, 3.05) is 0 Å². The zero-order valence-corrected chi connectivity index (χ0v) is 8.15. The normalized spacial score (nSPS) is 10.4. The van der Waals surface area contributed by atoms with Crippen molar-refractivity contribution in [2.45, 2.75) is 0 Å². The van der Waals surface area contributed by atoms with Crippen LogP contribution in [0.2, 0.25) is 0 Å². The summed E-state index contributed by atoms with van der Waals surface area (Å²) in [5.41, 5.74) is 0.421. The molecule has 14 heavy (non-hydrogen) atoms. The van der Waals surface area contributed by atoms with Crippen LogP contribution in [0.4, 0.5) is 0 Å². The first kappa shape index (κ1) is 8.89. The second-order valence-electron chi connectivity index (χ2n) is 2.67.